The molecular formula is C24H35N3O4S. The monoisotopic (exact) mass is 461 g/mol. The van der Waals surface area contributed by atoms with E-state index in [0.717, 1.165) is 57.8 Å². The Morgan fingerprint density at radius 1 is 0.875 bits per heavy atom. The number of amides is 2. The predicted molar refractivity (Wildman–Crippen MR) is 123 cm³/mol. The lowest BCUT2D eigenvalue weighted by Crippen LogP contribution is -2.51. The highest BCUT2D eigenvalue weighted by molar-refractivity contribution is 7.89. The van der Waals surface area contributed by atoms with Crippen LogP contribution in [0.25, 0.3) is 0 Å². The molecule has 4 rings (SSSR count). The first-order chi connectivity index (χ1) is 15.4. The first-order valence-corrected chi connectivity index (χ1v) is 13.5. The van der Waals surface area contributed by atoms with Gasteiger partial charge in [0.1, 0.15) is 0 Å². The Labute approximate surface area is 191 Å². The number of rotatable bonds is 5. The molecule has 8 heteroatoms. The molecule has 0 bridgehead atoms. The fourth-order valence-electron chi connectivity index (χ4n) is 5.34. The summed E-state index contributed by atoms with van der Waals surface area (Å²) in [5.74, 6) is 0.212. The molecule has 0 aromatic heterocycles. The van der Waals surface area contributed by atoms with Gasteiger partial charge in [-0.2, -0.15) is 4.31 Å². The lowest BCUT2D eigenvalue weighted by molar-refractivity contribution is -0.136. The number of carbonyl (C=O) groups is 2. The van der Waals surface area contributed by atoms with Gasteiger partial charge < -0.3 is 9.80 Å². The molecule has 2 aliphatic carbocycles. The Hall–Kier alpha value is -1.93. The minimum absolute atomic E-state index is 0.0265. The van der Waals surface area contributed by atoms with E-state index in [-0.39, 0.29) is 28.7 Å². The molecule has 0 unspecified atom stereocenters. The van der Waals surface area contributed by atoms with Crippen LogP contribution in [0.4, 0.5) is 0 Å². The number of piperazine rings is 1. The van der Waals surface area contributed by atoms with Crippen molar-refractivity contribution in [3.8, 4) is 0 Å². The molecule has 0 N–H and O–H groups in total. The maximum absolute atomic E-state index is 13.2. The van der Waals surface area contributed by atoms with Crippen molar-refractivity contribution in [1.82, 2.24) is 14.1 Å². The third kappa shape index (κ3) is 4.86. The highest BCUT2D eigenvalue weighted by atomic mass is 32.2. The zero-order valence-electron chi connectivity index (χ0n) is 19.0. The molecule has 1 aromatic carbocycles. The maximum atomic E-state index is 13.2. The first kappa shape index (κ1) is 23.2. The highest BCUT2D eigenvalue weighted by Crippen LogP contribution is 2.28. The summed E-state index contributed by atoms with van der Waals surface area (Å²) in [6.45, 7) is 2.06. The number of carbonyl (C=O) groups excluding carboxylic acids is 2. The number of nitrogens with zero attached hydrogens (tertiary/aromatic N) is 3. The topological polar surface area (TPSA) is 78.0 Å². The molecular weight excluding hydrogens is 426 g/mol. The van der Waals surface area contributed by atoms with Crippen LogP contribution in [-0.2, 0) is 14.8 Å². The van der Waals surface area contributed by atoms with Crippen LogP contribution in [0, 0.1) is 5.92 Å². The summed E-state index contributed by atoms with van der Waals surface area (Å²) in [5, 5.41) is 0. The summed E-state index contributed by atoms with van der Waals surface area (Å²) in [6, 6.07) is 6.43. The average molecular weight is 462 g/mol. The third-order valence-corrected chi connectivity index (χ3v) is 9.34. The van der Waals surface area contributed by atoms with E-state index in [0.29, 0.717) is 31.7 Å². The van der Waals surface area contributed by atoms with Crippen molar-refractivity contribution in [2.75, 3.05) is 33.2 Å². The van der Waals surface area contributed by atoms with Gasteiger partial charge >= 0.3 is 0 Å². The number of sulfonamides is 1. The molecule has 7 nitrogen and oxygen atoms in total. The molecule has 0 atom stereocenters. The zero-order chi connectivity index (χ0) is 22.7. The van der Waals surface area contributed by atoms with Crippen molar-refractivity contribution < 1.29 is 18.0 Å². The molecule has 1 heterocycles. The van der Waals surface area contributed by atoms with Crippen LogP contribution in [0.1, 0.15) is 68.1 Å². The van der Waals surface area contributed by atoms with Gasteiger partial charge in [-0.05, 0) is 43.9 Å². The summed E-state index contributed by atoms with van der Waals surface area (Å²) in [6.07, 6.45) is 9.26. The van der Waals surface area contributed by atoms with Crippen LogP contribution in [0.5, 0.6) is 0 Å². The van der Waals surface area contributed by atoms with Crippen molar-refractivity contribution in [1.29, 1.82) is 0 Å². The van der Waals surface area contributed by atoms with Gasteiger partial charge in [-0.3, -0.25) is 9.59 Å². The summed E-state index contributed by atoms with van der Waals surface area (Å²) < 4.78 is 27.9. The Morgan fingerprint density at radius 2 is 1.47 bits per heavy atom. The first-order valence-electron chi connectivity index (χ1n) is 12.0. The molecule has 1 aromatic rings. The number of hydrogen-bond donors (Lipinski definition) is 0. The van der Waals surface area contributed by atoms with Crippen molar-refractivity contribution >= 4 is 21.8 Å². The fraction of sp³-hybridized carbons (Fsp3) is 0.667. The van der Waals surface area contributed by atoms with Gasteiger partial charge in [0.05, 0.1) is 4.90 Å². The minimum atomic E-state index is -3.65. The minimum Gasteiger partial charge on any atom is -0.339 e. The van der Waals surface area contributed by atoms with Crippen LogP contribution in [0.3, 0.4) is 0 Å². The van der Waals surface area contributed by atoms with Gasteiger partial charge in [-0.15, -0.1) is 0 Å². The summed E-state index contributed by atoms with van der Waals surface area (Å²) >= 11 is 0. The Morgan fingerprint density at radius 3 is 2.12 bits per heavy atom. The predicted octanol–water partition coefficient (Wildman–Crippen LogP) is 3.11. The van der Waals surface area contributed by atoms with Gasteiger partial charge in [0, 0.05) is 50.7 Å². The quantitative estimate of drug-likeness (QED) is 0.675. The van der Waals surface area contributed by atoms with E-state index in [1.165, 1.54) is 10.4 Å². The second-order valence-electron chi connectivity index (χ2n) is 9.44. The summed E-state index contributed by atoms with van der Waals surface area (Å²) in [7, 11) is -1.99. The van der Waals surface area contributed by atoms with E-state index in [4.69, 9.17) is 0 Å². The van der Waals surface area contributed by atoms with Crippen molar-refractivity contribution in [3.63, 3.8) is 0 Å². The maximum Gasteiger partial charge on any atom is 0.254 e. The van der Waals surface area contributed by atoms with E-state index in [9.17, 15) is 18.0 Å². The van der Waals surface area contributed by atoms with E-state index >= 15 is 0 Å². The highest BCUT2D eigenvalue weighted by Gasteiger charge is 2.32. The molecule has 1 saturated heterocycles. The van der Waals surface area contributed by atoms with Crippen LogP contribution in [-0.4, -0.2) is 73.6 Å². The molecule has 2 amide bonds. The van der Waals surface area contributed by atoms with Crippen molar-refractivity contribution in [2.45, 2.75) is 68.7 Å². The largest absolute Gasteiger partial charge is 0.339 e. The molecule has 3 fully saturated rings. The van der Waals surface area contributed by atoms with E-state index in [2.05, 4.69) is 0 Å². The van der Waals surface area contributed by atoms with E-state index in [1.807, 2.05) is 4.90 Å². The molecule has 0 radical (unpaired) electrons. The van der Waals surface area contributed by atoms with Crippen LogP contribution in [0.2, 0.25) is 0 Å². The second kappa shape index (κ2) is 9.91. The SMILES string of the molecule is CN(C1CCCCC1)S(=O)(=O)c1cccc(C(=O)N2CCN(C(=O)C3CCCC3)CC2)c1. The average Bonchev–Trinajstić information content (AvgIpc) is 3.38. The molecule has 176 valence electrons. The Kier molecular flexibility index (Phi) is 7.20. The normalized spacial score (nSPS) is 21.3. The fourth-order valence-corrected chi connectivity index (χ4v) is 6.80. The van der Waals surface area contributed by atoms with Crippen LogP contribution in [0.15, 0.2) is 29.2 Å². The van der Waals surface area contributed by atoms with E-state index in [1.54, 1.807) is 30.1 Å². The van der Waals surface area contributed by atoms with Gasteiger partial charge in [-0.1, -0.05) is 38.2 Å². The standard InChI is InChI=1S/C24H35N3O4S/c1-25(21-11-3-2-4-12-21)32(30,31)22-13-7-10-20(18-22)24(29)27-16-14-26(15-17-27)23(28)19-8-5-6-9-19/h7,10,13,18-19,21H,2-6,8-9,11-12,14-17H2,1H3. The lowest BCUT2D eigenvalue weighted by atomic mass is 9.96. The van der Waals surface area contributed by atoms with Crippen molar-refractivity contribution in [2.24, 2.45) is 5.92 Å². The van der Waals surface area contributed by atoms with Gasteiger partial charge in [0.2, 0.25) is 15.9 Å². The molecule has 3 aliphatic rings. The Balaban J connectivity index is 1.40. The summed E-state index contributed by atoms with van der Waals surface area (Å²) in [4.78, 5) is 29.5. The van der Waals surface area contributed by atoms with Gasteiger partial charge in [0.25, 0.3) is 5.91 Å². The molecule has 1 aliphatic heterocycles. The number of hydrogen-bond acceptors (Lipinski definition) is 4. The lowest BCUT2D eigenvalue weighted by Gasteiger charge is -2.36. The van der Waals surface area contributed by atoms with Crippen molar-refractivity contribution in [3.05, 3.63) is 29.8 Å². The Bertz CT molecular complexity index is 928. The molecule has 2 saturated carbocycles. The molecule has 0 spiro atoms. The zero-order valence-corrected chi connectivity index (χ0v) is 19.9. The molecule has 32 heavy (non-hydrogen) atoms. The second-order valence-corrected chi connectivity index (χ2v) is 11.4. The van der Waals surface area contributed by atoms with E-state index < -0.39 is 10.0 Å². The van der Waals surface area contributed by atoms with Crippen LogP contribution >= 0.6 is 0 Å². The summed E-state index contributed by atoms with van der Waals surface area (Å²) in [5.41, 5.74) is 0.388. The number of benzene rings is 1. The van der Waals surface area contributed by atoms with Gasteiger partial charge in [-0.25, -0.2) is 8.42 Å². The van der Waals surface area contributed by atoms with Crippen LogP contribution < -0.4 is 0 Å². The third-order valence-electron chi connectivity index (χ3n) is 7.43. The smallest absolute Gasteiger partial charge is 0.254 e. The van der Waals surface area contributed by atoms with Gasteiger partial charge in [0.15, 0.2) is 0 Å².